The fourth-order valence-corrected chi connectivity index (χ4v) is 0.378. The van der Waals surface area contributed by atoms with Gasteiger partial charge in [-0.2, -0.15) is 0 Å². The summed E-state index contributed by atoms with van der Waals surface area (Å²) >= 11 is 0.962. The van der Waals surface area contributed by atoms with E-state index in [0.717, 1.165) is 45.4 Å². The van der Waals surface area contributed by atoms with Crippen LogP contribution in [-0.4, -0.2) is 30.6 Å². The average molecular weight is 361 g/mol. The van der Waals surface area contributed by atoms with E-state index >= 15 is 0 Å². The third-order valence-corrected chi connectivity index (χ3v) is 2.92. The molecule has 0 fully saturated rings. The summed E-state index contributed by atoms with van der Waals surface area (Å²) in [4.78, 5) is 9.69. The van der Waals surface area contributed by atoms with Crippen LogP contribution in [0.1, 0.15) is 19.8 Å². The Morgan fingerprint density at radius 3 is 2.42 bits per heavy atom. The molecule has 0 saturated heterocycles. The van der Waals surface area contributed by atoms with Crippen molar-refractivity contribution in [1.82, 2.24) is 5.32 Å². The molecule has 0 aromatic heterocycles. The van der Waals surface area contributed by atoms with Crippen molar-refractivity contribution in [2.24, 2.45) is 0 Å². The molecule has 0 radical (unpaired) electrons. The first-order valence-corrected chi connectivity index (χ1v) is 8.17. The van der Waals surface area contributed by atoms with E-state index in [4.69, 9.17) is 4.74 Å². The Kier molecular flexibility index (Phi) is 22.0. The van der Waals surface area contributed by atoms with E-state index in [1.165, 1.54) is 4.05 Å². The maximum atomic E-state index is 9.69. The molecule has 1 N–H and O–H groups in total. The standard InChI is InChI=1S/C6H12O2.C2H6N.Hg/c1-2-5-8-6-3-4-7;1-3-2;/h4H,2-3,5-6H2,1H3;3H,1H2,2H3;. The van der Waals surface area contributed by atoms with Gasteiger partial charge in [0.15, 0.2) is 0 Å². The Morgan fingerprint density at radius 2 is 2.08 bits per heavy atom. The van der Waals surface area contributed by atoms with Crippen molar-refractivity contribution in [3.8, 4) is 0 Å². The van der Waals surface area contributed by atoms with Crippen molar-refractivity contribution in [3.63, 3.8) is 0 Å². The molecule has 0 atom stereocenters. The molecule has 0 rings (SSSR count). The van der Waals surface area contributed by atoms with Crippen LogP contribution >= 0.6 is 0 Å². The third-order valence-electron chi connectivity index (χ3n) is 0.979. The van der Waals surface area contributed by atoms with Crippen LogP contribution in [0.5, 0.6) is 0 Å². The van der Waals surface area contributed by atoms with Crippen LogP contribution < -0.4 is 5.32 Å². The van der Waals surface area contributed by atoms with Crippen LogP contribution in [-0.2, 0) is 35.7 Å². The molecule has 4 heteroatoms. The van der Waals surface area contributed by atoms with E-state index in [0.29, 0.717) is 13.0 Å². The topological polar surface area (TPSA) is 38.3 Å². The molecular formula is C8H18HgNO2. The molecule has 69 valence electrons. The van der Waals surface area contributed by atoms with Gasteiger partial charge in [0, 0.05) is 13.0 Å². The summed E-state index contributed by atoms with van der Waals surface area (Å²) in [5, 5.41) is 3.02. The van der Waals surface area contributed by atoms with Gasteiger partial charge >= 0.3 is 42.5 Å². The van der Waals surface area contributed by atoms with Crippen molar-refractivity contribution in [2.45, 2.75) is 19.8 Å². The summed E-state index contributed by atoms with van der Waals surface area (Å²) in [5.74, 6) is 0. The van der Waals surface area contributed by atoms with Crippen LogP contribution in [0.3, 0.4) is 0 Å². The molecule has 0 unspecified atom stereocenters. The quantitative estimate of drug-likeness (QED) is 0.431. The molecule has 0 aliphatic carbocycles. The summed E-state index contributed by atoms with van der Waals surface area (Å²) in [7, 11) is 1.98. The third kappa shape index (κ3) is 22.4. The Bertz CT molecular complexity index is 79.5. The fourth-order valence-electron chi connectivity index (χ4n) is 0.378. The van der Waals surface area contributed by atoms with Crippen LogP contribution in [0, 0.1) is 0 Å². The normalized spacial score (nSPS) is 8.67. The molecule has 0 aliphatic heterocycles. The molecular weight excluding hydrogens is 343 g/mol. The molecule has 0 bridgehead atoms. The van der Waals surface area contributed by atoms with Gasteiger partial charge in [-0.1, -0.05) is 6.92 Å². The van der Waals surface area contributed by atoms with E-state index in [-0.39, 0.29) is 0 Å². The first kappa shape index (κ1) is 15.0. The van der Waals surface area contributed by atoms with Crippen LogP contribution in [0.15, 0.2) is 0 Å². The van der Waals surface area contributed by atoms with Gasteiger partial charge in [-0.15, -0.1) is 0 Å². The SMILES string of the molecule is CCCOCCC=O.CN[CH2][Hg]. The minimum atomic E-state index is 0.528. The minimum absolute atomic E-state index is 0.528. The second kappa shape index (κ2) is 17.6. The van der Waals surface area contributed by atoms with Gasteiger partial charge in [0.05, 0.1) is 6.61 Å². The molecule has 0 aliphatic rings. The number of nitrogens with one attached hydrogen (secondary N) is 1. The molecule has 3 nitrogen and oxygen atoms in total. The molecule has 12 heavy (non-hydrogen) atoms. The van der Waals surface area contributed by atoms with Gasteiger partial charge in [-0.25, -0.2) is 0 Å². The number of carbonyl (C=O) groups is 1. The van der Waals surface area contributed by atoms with Gasteiger partial charge in [-0.05, 0) is 6.42 Å². The van der Waals surface area contributed by atoms with Crippen molar-refractivity contribution in [2.75, 3.05) is 24.3 Å². The fraction of sp³-hybridized carbons (Fsp3) is 0.875. The van der Waals surface area contributed by atoms with Gasteiger partial charge in [-0.3, -0.25) is 0 Å². The van der Waals surface area contributed by atoms with Crippen molar-refractivity contribution < 1.29 is 35.7 Å². The number of hydrogen-bond donors (Lipinski definition) is 1. The second-order valence-corrected chi connectivity index (χ2v) is 4.12. The zero-order valence-electron chi connectivity index (χ0n) is 8.14. The van der Waals surface area contributed by atoms with E-state index in [1.807, 2.05) is 14.0 Å². The van der Waals surface area contributed by atoms with Gasteiger partial charge in [0.25, 0.3) is 0 Å². The van der Waals surface area contributed by atoms with Crippen molar-refractivity contribution >= 4 is 6.29 Å². The van der Waals surface area contributed by atoms with Gasteiger partial charge in [0.2, 0.25) is 0 Å². The van der Waals surface area contributed by atoms with Crippen LogP contribution in [0.25, 0.3) is 0 Å². The summed E-state index contributed by atoms with van der Waals surface area (Å²) in [6.45, 7) is 3.39. The summed E-state index contributed by atoms with van der Waals surface area (Å²) in [6.07, 6.45) is 2.43. The molecule has 0 aromatic carbocycles. The average Bonchev–Trinajstić information content (AvgIpc) is 2.13. The number of rotatable bonds is 6. The van der Waals surface area contributed by atoms with E-state index in [2.05, 4.69) is 5.32 Å². The molecule has 0 spiro atoms. The van der Waals surface area contributed by atoms with Crippen molar-refractivity contribution in [1.29, 1.82) is 0 Å². The number of ether oxygens (including phenoxy) is 1. The van der Waals surface area contributed by atoms with E-state index < -0.39 is 0 Å². The van der Waals surface area contributed by atoms with Crippen LogP contribution in [0.4, 0.5) is 0 Å². The molecule has 0 amide bonds. The van der Waals surface area contributed by atoms with Crippen LogP contribution in [0.2, 0.25) is 0 Å². The summed E-state index contributed by atoms with van der Waals surface area (Å²) in [5.41, 5.74) is 0. The number of aldehydes is 1. The number of carbonyl (C=O) groups excluding carboxylic acids is 1. The predicted octanol–water partition coefficient (Wildman–Crippen LogP) is 0.712. The monoisotopic (exact) mass is 362 g/mol. The number of hydrogen-bond acceptors (Lipinski definition) is 3. The van der Waals surface area contributed by atoms with Crippen molar-refractivity contribution in [3.05, 3.63) is 0 Å². The molecule has 0 saturated carbocycles. The molecule has 0 heterocycles. The van der Waals surface area contributed by atoms with E-state index in [1.54, 1.807) is 0 Å². The maximum absolute atomic E-state index is 9.69. The predicted molar refractivity (Wildman–Crippen MR) is 45.7 cm³/mol. The summed E-state index contributed by atoms with van der Waals surface area (Å²) < 4.78 is 6.26. The molecule has 0 aromatic rings. The van der Waals surface area contributed by atoms with Gasteiger partial charge in [0.1, 0.15) is 6.29 Å². The Balaban J connectivity index is 0. The Hall–Kier alpha value is 0.525. The first-order valence-electron chi connectivity index (χ1n) is 4.28. The Labute approximate surface area is 91.2 Å². The Morgan fingerprint density at radius 1 is 1.50 bits per heavy atom. The summed E-state index contributed by atoms with van der Waals surface area (Å²) in [6, 6.07) is 0. The zero-order valence-corrected chi connectivity index (χ0v) is 13.6. The van der Waals surface area contributed by atoms with E-state index in [9.17, 15) is 4.79 Å². The van der Waals surface area contributed by atoms with Gasteiger partial charge < -0.3 is 9.53 Å². The zero-order chi connectivity index (χ0) is 9.66. The second-order valence-electron chi connectivity index (χ2n) is 2.17. The first-order chi connectivity index (χ1) is 5.83.